The number of rotatable bonds is 2. The predicted molar refractivity (Wildman–Crippen MR) is 59.9 cm³/mol. The highest BCUT2D eigenvalue weighted by atomic mass is 35.5. The van der Waals surface area contributed by atoms with Crippen molar-refractivity contribution in [2.24, 2.45) is 0 Å². The molecule has 0 spiro atoms. The molecule has 0 aromatic carbocycles. The molecule has 1 aromatic heterocycles. The van der Waals surface area contributed by atoms with Crippen molar-refractivity contribution in [2.75, 3.05) is 13.1 Å². The maximum atomic E-state index is 9.43. The maximum Gasteiger partial charge on any atom is 0.0848 e. The first-order chi connectivity index (χ1) is 7.24. The average molecular weight is 225 g/mol. The molecular weight excluding hydrogens is 212 g/mol. The summed E-state index contributed by atoms with van der Waals surface area (Å²) < 4.78 is 0. The van der Waals surface area contributed by atoms with Gasteiger partial charge in [0, 0.05) is 25.5 Å². The smallest absolute Gasteiger partial charge is 0.0848 e. The van der Waals surface area contributed by atoms with E-state index < -0.39 is 0 Å². The van der Waals surface area contributed by atoms with Gasteiger partial charge in [-0.2, -0.15) is 0 Å². The van der Waals surface area contributed by atoms with E-state index in [9.17, 15) is 5.11 Å². The topological polar surface area (TPSA) is 45.2 Å². The lowest BCUT2D eigenvalue weighted by Crippen LogP contribution is -2.32. The Balaban J connectivity index is 2.08. The van der Waals surface area contributed by atoms with Gasteiger partial charge >= 0.3 is 0 Å². The highest BCUT2D eigenvalue weighted by molar-refractivity contribution is 6.30. The molecule has 2 heterocycles. The first-order valence-electron chi connectivity index (χ1n) is 4.92. The first kappa shape index (κ1) is 10.6. The third-order valence-corrected chi connectivity index (χ3v) is 2.53. The minimum Gasteiger partial charge on any atom is -0.388 e. The molecule has 0 amide bonds. The van der Waals surface area contributed by atoms with Crippen LogP contribution in [0, 0.1) is 0 Å². The zero-order valence-corrected chi connectivity index (χ0v) is 9.04. The van der Waals surface area contributed by atoms with E-state index in [-0.39, 0.29) is 6.10 Å². The number of pyridine rings is 1. The van der Waals surface area contributed by atoms with Crippen molar-refractivity contribution >= 4 is 11.6 Å². The fourth-order valence-electron chi connectivity index (χ4n) is 1.71. The van der Waals surface area contributed by atoms with Crippen LogP contribution < -0.4 is 5.32 Å². The van der Waals surface area contributed by atoms with Crippen molar-refractivity contribution < 1.29 is 5.11 Å². The normalized spacial score (nSPS) is 21.2. The molecule has 0 saturated carbocycles. The summed E-state index contributed by atoms with van der Waals surface area (Å²) in [6.07, 6.45) is 5.73. The van der Waals surface area contributed by atoms with Crippen LogP contribution in [0.2, 0.25) is 5.02 Å². The molecule has 1 aromatic rings. The van der Waals surface area contributed by atoms with E-state index in [4.69, 9.17) is 11.6 Å². The molecule has 0 saturated heterocycles. The lowest BCUT2D eigenvalue weighted by Gasteiger charge is -2.18. The van der Waals surface area contributed by atoms with Crippen LogP contribution in [0.3, 0.4) is 0 Å². The van der Waals surface area contributed by atoms with E-state index in [1.165, 1.54) is 5.57 Å². The molecule has 0 radical (unpaired) electrons. The zero-order chi connectivity index (χ0) is 10.7. The average Bonchev–Trinajstić information content (AvgIpc) is 2.17. The summed E-state index contributed by atoms with van der Waals surface area (Å²) in [7, 11) is 0. The SMILES string of the molecule is OC1C=C(Cc2cncc(Cl)c2)CNC1. The van der Waals surface area contributed by atoms with E-state index in [2.05, 4.69) is 10.3 Å². The monoisotopic (exact) mass is 224 g/mol. The summed E-state index contributed by atoms with van der Waals surface area (Å²) in [5.41, 5.74) is 2.25. The standard InChI is InChI=1S/C11H13ClN2O/c12-10-2-8(4-13-6-10)1-9-3-11(15)7-14-5-9/h2-4,6,11,14-15H,1,5,7H2. The maximum absolute atomic E-state index is 9.43. The van der Waals surface area contributed by atoms with Gasteiger partial charge in [-0.15, -0.1) is 0 Å². The van der Waals surface area contributed by atoms with Crippen molar-refractivity contribution in [3.8, 4) is 0 Å². The summed E-state index contributed by atoms with van der Waals surface area (Å²) in [6, 6.07) is 1.90. The number of aliphatic hydroxyl groups is 1. The van der Waals surface area contributed by atoms with Gasteiger partial charge in [-0.1, -0.05) is 23.3 Å². The fourth-order valence-corrected chi connectivity index (χ4v) is 1.90. The van der Waals surface area contributed by atoms with Gasteiger partial charge < -0.3 is 10.4 Å². The van der Waals surface area contributed by atoms with Gasteiger partial charge in [-0.3, -0.25) is 4.98 Å². The van der Waals surface area contributed by atoms with E-state index in [1.54, 1.807) is 12.4 Å². The van der Waals surface area contributed by atoms with E-state index in [0.717, 1.165) is 18.5 Å². The number of nitrogens with zero attached hydrogens (tertiary/aromatic N) is 1. The Morgan fingerprint density at radius 1 is 1.53 bits per heavy atom. The minimum absolute atomic E-state index is 0.374. The van der Waals surface area contributed by atoms with Crippen LogP contribution in [-0.4, -0.2) is 29.3 Å². The van der Waals surface area contributed by atoms with E-state index in [0.29, 0.717) is 11.6 Å². The van der Waals surface area contributed by atoms with Crippen LogP contribution in [0.25, 0.3) is 0 Å². The van der Waals surface area contributed by atoms with Crippen molar-refractivity contribution in [3.05, 3.63) is 40.7 Å². The second-order valence-corrected chi connectivity index (χ2v) is 4.15. The molecule has 15 heavy (non-hydrogen) atoms. The lowest BCUT2D eigenvalue weighted by atomic mass is 10.0. The van der Waals surface area contributed by atoms with E-state index >= 15 is 0 Å². The number of β-amino-alcohol motifs (C(OH)–C–C–N with tert-alkyl or cyclic N) is 1. The van der Waals surface area contributed by atoms with Crippen molar-refractivity contribution in [2.45, 2.75) is 12.5 Å². The fraction of sp³-hybridized carbons (Fsp3) is 0.364. The van der Waals surface area contributed by atoms with Gasteiger partial charge in [0.05, 0.1) is 11.1 Å². The van der Waals surface area contributed by atoms with Crippen molar-refractivity contribution in [1.29, 1.82) is 0 Å². The summed E-state index contributed by atoms with van der Waals surface area (Å²) >= 11 is 5.84. The summed E-state index contributed by atoms with van der Waals surface area (Å²) in [6.45, 7) is 1.46. The Morgan fingerprint density at radius 2 is 2.40 bits per heavy atom. The van der Waals surface area contributed by atoms with Crippen LogP contribution in [0.15, 0.2) is 30.1 Å². The Morgan fingerprint density at radius 3 is 3.13 bits per heavy atom. The number of aliphatic hydroxyl groups excluding tert-OH is 1. The number of hydrogen-bond acceptors (Lipinski definition) is 3. The van der Waals surface area contributed by atoms with Gasteiger partial charge in [0.1, 0.15) is 0 Å². The van der Waals surface area contributed by atoms with Crippen molar-refractivity contribution in [3.63, 3.8) is 0 Å². The Hall–Kier alpha value is -0.900. The van der Waals surface area contributed by atoms with Crippen molar-refractivity contribution in [1.82, 2.24) is 10.3 Å². The molecular formula is C11H13ClN2O. The van der Waals surface area contributed by atoms with E-state index in [1.807, 2.05) is 12.1 Å². The molecule has 2 rings (SSSR count). The molecule has 0 aliphatic carbocycles. The Labute approximate surface area is 93.8 Å². The van der Waals surface area contributed by atoms with Gasteiger partial charge in [0.2, 0.25) is 0 Å². The van der Waals surface area contributed by atoms with Crippen LogP contribution in [0.1, 0.15) is 5.56 Å². The Kier molecular flexibility index (Phi) is 3.36. The molecule has 0 fully saturated rings. The molecule has 1 aliphatic heterocycles. The number of halogens is 1. The quantitative estimate of drug-likeness (QED) is 0.742. The second kappa shape index (κ2) is 4.75. The molecule has 80 valence electrons. The largest absolute Gasteiger partial charge is 0.388 e. The molecule has 3 nitrogen and oxygen atoms in total. The van der Waals surface area contributed by atoms with Gasteiger partial charge in [0.25, 0.3) is 0 Å². The molecule has 0 bridgehead atoms. The molecule has 2 N–H and O–H groups in total. The van der Waals surface area contributed by atoms with Crippen LogP contribution in [0.5, 0.6) is 0 Å². The van der Waals surface area contributed by atoms with Gasteiger partial charge in [-0.25, -0.2) is 0 Å². The molecule has 1 aliphatic rings. The summed E-state index contributed by atoms with van der Waals surface area (Å²) in [5, 5.41) is 13.2. The van der Waals surface area contributed by atoms with Gasteiger partial charge in [0.15, 0.2) is 0 Å². The number of aromatic nitrogens is 1. The number of nitrogens with one attached hydrogen (secondary N) is 1. The third-order valence-electron chi connectivity index (χ3n) is 2.33. The number of hydrogen-bond donors (Lipinski definition) is 2. The predicted octanol–water partition coefficient (Wildman–Crippen LogP) is 1.17. The zero-order valence-electron chi connectivity index (χ0n) is 8.28. The molecule has 1 atom stereocenters. The highest BCUT2D eigenvalue weighted by Crippen LogP contribution is 2.14. The molecule has 1 unspecified atom stereocenters. The lowest BCUT2D eigenvalue weighted by molar-refractivity contribution is 0.213. The first-order valence-corrected chi connectivity index (χ1v) is 5.29. The minimum atomic E-state index is -0.374. The highest BCUT2D eigenvalue weighted by Gasteiger charge is 2.10. The Bertz CT molecular complexity index is 379. The van der Waals surface area contributed by atoms with Crippen LogP contribution >= 0.6 is 11.6 Å². The third kappa shape index (κ3) is 3.02. The van der Waals surface area contributed by atoms with Gasteiger partial charge in [-0.05, 0) is 18.1 Å². The second-order valence-electron chi connectivity index (χ2n) is 3.71. The van der Waals surface area contributed by atoms with Crippen LogP contribution in [-0.2, 0) is 6.42 Å². The van der Waals surface area contributed by atoms with Crippen LogP contribution in [0.4, 0.5) is 0 Å². The summed E-state index contributed by atoms with van der Waals surface area (Å²) in [5.74, 6) is 0. The summed E-state index contributed by atoms with van der Waals surface area (Å²) in [4.78, 5) is 4.03. The molecule has 4 heteroatoms.